The van der Waals surface area contributed by atoms with E-state index in [1.54, 1.807) is 11.3 Å². The van der Waals surface area contributed by atoms with Gasteiger partial charge in [-0.2, -0.15) is 0 Å². The van der Waals surface area contributed by atoms with Crippen LogP contribution in [0.25, 0.3) is 0 Å². The zero-order valence-corrected chi connectivity index (χ0v) is 15.1. The molecule has 0 radical (unpaired) electrons. The second kappa shape index (κ2) is 6.78. The minimum atomic E-state index is -0.575. The molecule has 2 aliphatic heterocycles. The molecule has 7 heteroatoms. The monoisotopic (exact) mass is 375 g/mol. The molecule has 0 unspecified atom stereocenters. The fourth-order valence-corrected chi connectivity index (χ4v) is 3.94. The van der Waals surface area contributed by atoms with Gasteiger partial charge >= 0.3 is 0 Å². The fourth-order valence-electron chi connectivity index (χ4n) is 3.12. The molecule has 0 saturated carbocycles. The van der Waals surface area contributed by atoms with Crippen molar-refractivity contribution < 1.29 is 9.63 Å². The molecule has 2 aliphatic rings. The topological polar surface area (TPSA) is 53.9 Å². The first-order valence-electron chi connectivity index (χ1n) is 8.24. The Kier molecular flexibility index (Phi) is 4.50. The summed E-state index contributed by atoms with van der Waals surface area (Å²) in [7, 11) is 0. The molecule has 1 amide bonds. The van der Waals surface area contributed by atoms with Crippen LogP contribution in [0.3, 0.4) is 0 Å². The van der Waals surface area contributed by atoms with Crippen LogP contribution in [0.2, 0.25) is 5.02 Å². The first kappa shape index (κ1) is 16.6. The Balaban J connectivity index is 1.39. The number of carbonyl (C=O) groups is 1. The minimum absolute atomic E-state index is 0.171. The van der Waals surface area contributed by atoms with Gasteiger partial charge in [0.05, 0.1) is 6.42 Å². The number of hydroxylamine groups is 1. The Morgan fingerprint density at radius 2 is 2.04 bits per heavy atom. The first-order valence-corrected chi connectivity index (χ1v) is 9.49. The van der Waals surface area contributed by atoms with Crippen molar-refractivity contribution in [2.24, 2.45) is 4.99 Å². The summed E-state index contributed by atoms with van der Waals surface area (Å²) in [4.78, 5) is 26.0. The Morgan fingerprint density at radius 3 is 2.72 bits per heavy atom. The van der Waals surface area contributed by atoms with Gasteiger partial charge in [0.2, 0.25) is 5.91 Å². The van der Waals surface area contributed by atoms with Crippen LogP contribution in [0.1, 0.15) is 23.3 Å². The smallest absolute Gasteiger partial charge is 0.227 e. The summed E-state index contributed by atoms with van der Waals surface area (Å²) < 4.78 is 0. The highest BCUT2D eigenvalue weighted by Gasteiger charge is 2.41. The van der Waals surface area contributed by atoms with E-state index in [9.17, 15) is 4.79 Å². The molecule has 0 bridgehead atoms. The molecule has 0 atom stereocenters. The molecule has 0 aliphatic carbocycles. The van der Waals surface area contributed by atoms with Crippen molar-refractivity contribution in [3.8, 4) is 0 Å². The summed E-state index contributed by atoms with van der Waals surface area (Å²) in [5, 5.41) is 2.69. The molecular formula is C18H18ClN3O2S. The molecule has 1 aromatic heterocycles. The molecule has 5 nitrogen and oxygen atoms in total. The van der Waals surface area contributed by atoms with Crippen molar-refractivity contribution in [1.82, 2.24) is 10.4 Å². The van der Waals surface area contributed by atoms with Gasteiger partial charge in [-0.1, -0.05) is 17.7 Å². The summed E-state index contributed by atoms with van der Waals surface area (Å²) >= 11 is 7.55. The van der Waals surface area contributed by atoms with Gasteiger partial charge < -0.3 is 4.90 Å². The van der Waals surface area contributed by atoms with Gasteiger partial charge in [-0.05, 0) is 35.7 Å². The van der Waals surface area contributed by atoms with Crippen molar-refractivity contribution >= 4 is 34.7 Å². The molecule has 2 aromatic rings. The second-order valence-electron chi connectivity index (χ2n) is 6.25. The van der Waals surface area contributed by atoms with Crippen LogP contribution < -0.4 is 5.48 Å². The number of halogens is 1. The lowest BCUT2D eigenvalue weighted by Gasteiger charge is -2.35. The van der Waals surface area contributed by atoms with Crippen LogP contribution in [-0.2, 0) is 16.1 Å². The Labute approximate surface area is 155 Å². The lowest BCUT2D eigenvalue weighted by molar-refractivity contribution is -0.138. The van der Waals surface area contributed by atoms with Crippen LogP contribution in [0.4, 0.5) is 0 Å². The van der Waals surface area contributed by atoms with E-state index in [0.717, 1.165) is 16.3 Å². The van der Waals surface area contributed by atoms with Gasteiger partial charge in [-0.15, -0.1) is 11.3 Å². The van der Waals surface area contributed by atoms with E-state index in [0.29, 0.717) is 37.4 Å². The van der Waals surface area contributed by atoms with E-state index in [1.165, 1.54) is 0 Å². The summed E-state index contributed by atoms with van der Waals surface area (Å²) in [5.74, 6) is 0.889. The number of hydrogen-bond acceptors (Lipinski definition) is 5. The number of aliphatic imine (C=N–C) groups is 1. The highest BCUT2D eigenvalue weighted by molar-refractivity contribution is 7.10. The van der Waals surface area contributed by atoms with Gasteiger partial charge in [0, 0.05) is 41.4 Å². The van der Waals surface area contributed by atoms with Crippen LogP contribution in [-0.4, -0.2) is 35.5 Å². The van der Waals surface area contributed by atoms with Crippen LogP contribution in [0.5, 0.6) is 0 Å². The van der Waals surface area contributed by atoms with Gasteiger partial charge in [0.15, 0.2) is 11.6 Å². The molecule has 130 valence electrons. The molecule has 1 aromatic carbocycles. The number of amides is 1. The fraction of sp³-hybridized carbons (Fsp3) is 0.333. The summed E-state index contributed by atoms with van der Waals surface area (Å²) in [6, 6.07) is 11.5. The quantitative estimate of drug-likeness (QED) is 0.896. The predicted octanol–water partition coefficient (Wildman–Crippen LogP) is 3.24. The lowest BCUT2D eigenvalue weighted by atomic mass is 10.0. The third-order valence-electron chi connectivity index (χ3n) is 4.57. The van der Waals surface area contributed by atoms with Crippen LogP contribution in [0.15, 0.2) is 46.8 Å². The van der Waals surface area contributed by atoms with E-state index in [4.69, 9.17) is 21.4 Å². The van der Waals surface area contributed by atoms with Gasteiger partial charge in [-0.3, -0.25) is 4.79 Å². The molecule has 1 fully saturated rings. The maximum atomic E-state index is 12.4. The number of hydrogen-bond donors (Lipinski definition) is 1. The highest BCUT2D eigenvalue weighted by Crippen LogP contribution is 2.31. The summed E-state index contributed by atoms with van der Waals surface area (Å²) in [5.41, 5.74) is 3.31. The largest absolute Gasteiger partial charge is 0.342 e. The van der Waals surface area contributed by atoms with Crippen molar-refractivity contribution in [2.45, 2.75) is 25.0 Å². The second-order valence-corrected chi connectivity index (χ2v) is 7.72. The average Bonchev–Trinajstić information content (AvgIpc) is 3.27. The van der Waals surface area contributed by atoms with Gasteiger partial charge in [0.25, 0.3) is 0 Å². The minimum Gasteiger partial charge on any atom is -0.342 e. The van der Waals surface area contributed by atoms with E-state index in [2.05, 4.69) is 5.48 Å². The zero-order chi connectivity index (χ0) is 17.3. The maximum absolute atomic E-state index is 12.4. The number of amidine groups is 1. The third kappa shape index (κ3) is 3.56. The van der Waals surface area contributed by atoms with Gasteiger partial charge in [-0.25, -0.2) is 15.3 Å². The molecule has 1 spiro atoms. The average molecular weight is 376 g/mol. The van der Waals surface area contributed by atoms with Gasteiger partial charge in [0.1, 0.15) is 0 Å². The van der Waals surface area contributed by atoms with Crippen molar-refractivity contribution in [3.63, 3.8) is 0 Å². The van der Waals surface area contributed by atoms with Crippen molar-refractivity contribution in [3.05, 3.63) is 57.2 Å². The number of rotatable bonds is 3. The maximum Gasteiger partial charge on any atom is 0.227 e. The molecule has 3 heterocycles. The molecule has 1 N–H and O–H groups in total. The normalized spacial score (nSPS) is 18.9. The Morgan fingerprint density at radius 1 is 1.28 bits per heavy atom. The predicted molar refractivity (Wildman–Crippen MR) is 98.8 cm³/mol. The molecule has 1 saturated heterocycles. The number of thiophene rings is 1. The first-order chi connectivity index (χ1) is 12.1. The van der Waals surface area contributed by atoms with E-state index < -0.39 is 5.72 Å². The van der Waals surface area contributed by atoms with Crippen molar-refractivity contribution in [1.29, 1.82) is 0 Å². The lowest BCUT2D eigenvalue weighted by Crippen LogP contribution is -2.47. The summed E-state index contributed by atoms with van der Waals surface area (Å²) in [6.07, 6.45) is 1.85. The van der Waals surface area contributed by atoms with E-state index in [-0.39, 0.29) is 5.91 Å². The van der Waals surface area contributed by atoms with E-state index in [1.807, 2.05) is 46.7 Å². The number of benzene rings is 1. The standard InChI is InChI=1S/C18H18ClN3O2S/c19-14-5-3-13(4-6-14)17-20-18(24-21-17)7-9-22(10-8-18)16(23)12-15-2-1-11-25-15/h1-6,11H,7-10,12H2,(H,20,21). The number of piperidine rings is 1. The van der Waals surface area contributed by atoms with Crippen LogP contribution in [0, 0.1) is 0 Å². The Hall–Kier alpha value is -1.89. The number of nitrogens with one attached hydrogen (secondary N) is 1. The number of carbonyl (C=O) groups excluding carboxylic acids is 1. The third-order valence-corrected chi connectivity index (χ3v) is 5.70. The molecular weight excluding hydrogens is 358 g/mol. The summed E-state index contributed by atoms with van der Waals surface area (Å²) in [6.45, 7) is 1.31. The Bertz CT molecular complexity index is 781. The number of nitrogens with zero attached hydrogens (tertiary/aromatic N) is 2. The van der Waals surface area contributed by atoms with Crippen molar-refractivity contribution in [2.75, 3.05) is 13.1 Å². The SMILES string of the molecule is O=C(Cc1cccs1)N1CCC2(CC1)N=C(c1ccc(Cl)cc1)NO2. The zero-order valence-electron chi connectivity index (χ0n) is 13.6. The molecule has 4 rings (SSSR count). The molecule has 25 heavy (non-hydrogen) atoms. The van der Waals surface area contributed by atoms with Crippen LogP contribution >= 0.6 is 22.9 Å². The highest BCUT2D eigenvalue weighted by atomic mass is 35.5. The number of likely N-dealkylation sites (tertiary alicyclic amines) is 1. The van der Waals surface area contributed by atoms with E-state index >= 15 is 0 Å².